The van der Waals surface area contributed by atoms with Crippen LogP contribution in [0.25, 0.3) is 0 Å². The summed E-state index contributed by atoms with van der Waals surface area (Å²) in [6, 6.07) is 3.85. The third kappa shape index (κ3) is 1.21. The first-order valence-electron chi connectivity index (χ1n) is 3.23. The number of hydrogen-bond acceptors (Lipinski definition) is 4. The molecule has 11 heavy (non-hydrogen) atoms. The zero-order valence-electron chi connectivity index (χ0n) is 5.65. The lowest BCUT2D eigenvalue weighted by Crippen LogP contribution is -1.96. The summed E-state index contributed by atoms with van der Waals surface area (Å²) < 4.78 is 9.49. The molecule has 1 atom stereocenters. The van der Waals surface area contributed by atoms with Crippen LogP contribution in [0.1, 0.15) is 11.0 Å². The summed E-state index contributed by atoms with van der Waals surface area (Å²) in [6.45, 7) is 0.347. The van der Waals surface area contributed by atoms with Gasteiger partial charge in [0.05, 0.1) is 0 Å². The van der Waals surface area contributed by atoms with Gasteiger partial charge in [-0.1, -0.05) is 6.07 Å². The molecule has 1 unspecified atom stereocenters. The van der Waals surface area contributed by atoms with Crippen molar-refractivity contribution in [3.63, 3.8) is 0 Å². The van der Waals surface area contributed by atoms with Crippen molar-refractivity contribution < 1.29 is 14.3 Å². The van der Waals surface area contributed by atoms with Crippen LogP contribution >= 0.6 is 11.3 Å². The van der Waals surface area contributed by atoms with Gasteiger partial charge in [-0.3, -0.25) is 0 Å². The summed E-state index contributed by atoms with van der Waals surface area (Å²) in [5.41, 5.74) is 0. The van der Waals surface area contributed by atoms with Crippen molar-refractivity contribution in [1.82, 2.24) is 0 Å². The van der Waals surface area contributed by atoms with E-state index in [4.69, 9.17) is 4.74 Å². The fourth-order valence-corrected chi connectivity index (χ4v) is 1.68. The van der Waals surface area contributed by atoms with Crippen molar-refractivity contribution in [3.8, 4) is 0 Å². The largest absolute Gasteiger partial charge is 0.509 e. The lowest BCUT2D eigenvalue weighted by atomic mass is 10.3. The molecule has 2 rings (SSSR count). The Morgan fingerprint density at radius 1 is 1.64 bits per heavy atom. The maximum absolute atomic E-state index is 10.5. The Labute approximate surface area is 67.5 Å². The third-order valence-corrected chi connectivity index (χ3v) is 2.42. The first kappa shape index (κ1) is 6.67. The fourth-order valence-electron chi connectivity index (χ4n) is 0.943. The molecule has 0 bridgehead atoms. The van der Waals surface area contributed by atoms with Crippen molar-refractivity contribution in [2.24, 2.45) is 0 Å². The van der Waals surface area contributed by atoms with E-state index in [1.54, 1.807) is 11.3 Å². The predicted molar refractivity (Wildman–Crippen MR) is 39.5 cm³/mol. The van der Waals surface area contributed by atoms with Gasteiger partial charge in [0.15, 0.2) is 6.10 Å². The van der Waals surface area contributed by atoms with E-state index in [0.29, 0.717) is 6.61 Å². The van der Waals surface area contributed by atoms with Gasteiger partial charge in [-0.25, -0.2) is 4.79 Å². The van der Waals surface area contributed by atoms with E-state index in [2.05, 4.69) is 4.74 Å². The second kappa shape index (κ2) is 2.54. The summed E-state index contributed by atoms with van der Waals surface area (Å²) in [6.07, 6.45) is -0.745. The molecule has 0 amide bonds. The molecule has 0 spiro atoms. The van der Waals surface area contributed by atoms with Crippen molar-refractivity contribution in [1.29, 1.82) is 0 Å². The van der Waals surface area contributed by atoms with Gasteiger partial charge in [-0.2, -0.15) is 0 Å². The van der Waals surface area contributed by atoms with E-state index in [1.165, 1.54) is 0 Å². The average Bonchev–Trinajstić information content (AvgIpc) is 2.55. The molecule has 0 aromatic carbocycles. The molecule has 3 nitrogen and oxygen atoms in total. The molecule has 0 aliphatic carbocycles. The zero-order chi connectivity index (χ0) is 7.68. The summed E-state index contributed by atoms with van der Waals surface area (Å²) >= 11 is 1.56. The molecular weight excluding hydrogens is 164 g/mol. The van der Waals surface area contributed by atoms with Gasteiger partial charge in [0.2, 0.25) is 0 Å². The summed E-state index contributed by atoms with van der Waals surface area (Å²) in [5, 5.41) is 1.95. The van der Waals surface area contributed by atoms with Crippen molar-refractivity contribution in [2.45, 2.75) is 6.10 Å². The minimum atomic E-state index is -0.566. The Morgan fingerprint density at radius 3 is 3.09 bits per heavy atom. The van der Waals surface area contributed by atoms with Crippen LogP contribution in [0.15, 0.2) is 17.5 Å². The third-order valence-electron chi connectivity index (χ3n) is 1.45. The standard InChI is InChI=1S/C7H6O3S/c8-7-9-4-5(10-7)6-2-1-3-11-6/h1-3,5H,4H2. The number of ether oxygens (including phenoxy) is 2. The van der Waals surface area contributed by atoms with E-state index in [-0.39, 0.29) is 6.10 Å². The van der Waals surface area contributed by atoms with E-state index in [1.807, 2.05) is 17.5 Å². The minimum Gasteiger partial charge on any atom is -0.430 e. The van der Waals surface area contributed by atoms with E-state index < -0.39 is 6.16 Å². The van der Waals surface area contributed by atoms with Gasteiger partial charge >= 0.3 is 6.16 Å². The van der Waals surface area contributed by atoms with Crippen LogP contribution in [0.5, 0.6) is 0 Å². The molecule has 1 fully saturated rings. The van der Waals surface area contributed by atoms with E-state index >= 15 is 0 Å². The Hall–Kier alpha value is -1.03. The Morgan fingerprint density at radius 2 is 2.55 bits per heavy atom. The van der Waals surface area contributed by atoms with Crippen molar-refractivity contribution in [3.05, 3.63) is 22.4 Å². The van der Waals surface area contributed by atoms with Crippen LogP contribution in [0.2, 0.25) is 0 Å². The highest BCUT2D eigenvalue weighted by Crippen LogP contribution is 2.26. The topological polar surface area (TPSA) is 35.5 Å². The maximum Gasteiger partial charge on any atom is 0.509 e. The molecule has 1 aliphatic heterocycles. The summed E-state index contributed by atoms with van der Waals surface area (Å²) in [5.74, 6) is 0. The highest BCUT2D eigenvalue weighted by molar-refractivity contribution is 7.10. The fraction of sp³-hybridized carbons (Fsp3) is 0.286. The molecule has 1 aliphatic rings. The molecular formula is C7H6O3S. The highest BCUT2D eigenvalue weighted by Gasteiger charge is 2.26. The van der Waals surface area contributed by atoms with Gasteiger partial charge in [-0.05, 0) is 11.4 Å². The van der Waals surface area contributed by atoms with Gasteiger partial charge in [-0.15, -0.1) is 11.3 Å². The average molecular weight is 170 g/mol. The first-order valence-corrected chi connectivity index (χ1v) is 4.11. The molecule has 2 heterocycles. The van der Waals surface area contributed by atoms with Crippen LogP contribution in [-0.2, 0) is 9.47 Å². The molecule has 1 aromatic heterocycles. The Kier molecular flexibility index (Phi) is 1.54. The summed E-state index contributed by atoms with van der Waals surface area (Å²) in [7, 11) is 0. The SMILES string of the molecule is O=C1OCC(c2cccs2)O1. The number of cyclic esters (lactones) is 2. The first-order chi connectivity index (χ1) is 5.36. The van der Waals surface area contributed by atoms with Gasteiger partial charge in [0.25, 0.3) is 0 Å². The van der Waals surface area contributed by atoms with Crippen LogP contribution < -0.4 is 0 Å². The molecule has 4 heteroatoms. The molecule has 1 saturated heterocycles. The van der Waals surface area contributed by atoms with Crippen molar-refractivity contribution in [2.75, 3.05) is 6.61 Å². The van der Waals surface area contributed by atoms with Crippen LogP contribution in [0.4, 0.5) is 4.79 Å². The number of carbonyl (C=O) groups is 1. The Balaban J connectivity index is 2.13. The predicted octanol–water partition coefficient (Wildman–Crippen LogP) is 1.96. The number of carbonyl (C=O) groups excluding carboxylic acids is 1. The quantitative estimate of drug-likeness (QED) is 0.604. The molecule has 0 radical (unpaired) electrons. The van der Waals surface area contributed by atoms with Crippen LogP contribution in [-0.4, -0.2) is 12.8 Å². The van der Waals surface area contributed by atoms with Gasteiger partial charge in [0.1, 0.15) is 6.61 Å². The normalized spacial score (nSPS) is 22.9. The number of thiophene rings is 1. The monoisotopic (exact) mass is 170 g/mol. The number of hydrogen-bond donors (Lipinski definition) is 0. The van der Waals surface area contributed by atoms with Gasteiger partial charge in [0, 0.05) is 4.88 Å². The lowest BCUT2D eigenvalue weighted by Gasteiger charge is -2.00. The number of rotatable bonds is 1. The Bertz CT molecular complexity index is 255. The second-order valence-electron chi connectivity index (χ2n) is 2.18. The highest BCUT2D eigenvalue weighted by atomic mass is 32.1. The molecule has 0 saturated carbocycles. The van der Waals surface area contributed by atoms with Gasteiger partial charge < -0.3 is 9.47 Å². The van der Waals surface area contributed by atoms with Crippen LogP contribution in [0, 0.1) is 0 Å². The zero-order valence-corrected chi connectivity index (χ0v) is 6.47. The van der Waals surface area contributed by atoms with Crippen molar-refractivity contribution >= 4 is 17.5 Å². The maximum atomic E-state index is 10.5. The minimum absolute atomic E-state index is 0.178. The summed E-state index contributed by atoms with van der Waals surface area (Å²) in [4.78, 5) is 11.5. The molecule has 0 N–H and O–H groups in total. The van der Waals surface area contributed by atoms with E-state index in [0.717, 1.165) is 4.88 Å². The smallest absolute Gasteiger partial charge is 0.430 e. The second-order valence-corrected chi connectivity index (χ2v) is 3.16. The molecule has 1 aromatic rings. The van der Waals surface area contributed by atoms with Crippen LogP contribution in [0.3, 0.4) is 0 Å². The molecule has 58 valence electrons. The van der Waals surface area contributed by atoms with E-state index in [9.17, 15) is 4.79 Å². The lowest BCUT2D eigenvalue weighted by molar-refractivity contribution is 0.119.